The van der Waals surface area contributed by atoms with E-state index in [2.05, 4.69) is 25.1 Å². The van der Waals surface area contributed by atoms with Gasteiger partial charge in [0.05, 0.1) is 6.07 Å². The second kappa shape index (κ2) is 17.2. The van der Waals surface area contributed by atoms with E-state index in [0.717, 1.165) is 12.8 Å². The lowest BCUT2D eigenvalue weighted by molar-refractivity contribution is 0.566. The largest absolute Gasteiger partial charge is 0.198 e. The van der Waals surface area contributed by atoms with Crippen molar-refractivity contribution in [2.45, 2.75) is 96.8 Å². The number of nitrogens with zero attached hydrogens (tertiary/aromatic N) is 1. The van der Waals surface area contributed by atoms with Gasteiger partial charge in [0.15, 0.2) is 0 Å². The molecule has 0 aromatic rings. The lowest BCUT2D eigenvalue weighted by atomic mass is 10.1. The van der Waals surface area contributed by atoms with E-state index in [-0.39, 0.29) is 0 Å². The minimum Gasteiger partial charge on any atom is -0.198 e. The van der Waals surface area contributed by atoms with Gasteiger partial charge < -0.3 is 0 Å². The summed E-state index contributed by atoms with van der Waals surface area (Å²) in [6.07, 6.45) is 22.6. The van der Waals surface area contributed by atoms with Crippen LogP contribution in [0.2, 0.25) is 0 Å². The summed E-state index contributed by atoms with van der Waals surface area (Å²) < 4.78 is 0. The Morgan fingerprint density at radius 3 is 1.68 bits per heavy atom. The molecule has 0 rings (SSSR count). The van der Waals surface area contributed by atoms with E-state index in [4.69, 9.17) is 5.26 Å². The van der Waals surface area contributed by atoms with Gasteiger partial charge in [0.2, 0.25) is 0 Å². The van der Waals surface area contributed by atoms with E-state index in [1.165, 1.54) is 70.6 Å². The molecule has 0 amide bonds. The quantitative estimate of drug-likeness (QED) is 0.257. The molecule has 0 atom stereocenters. The maximum atomic E-state index is 8.40. The Morgan fingerprint density at radius 1 is 0.684 bits per heavy atom. The lowest BCUT2D eigenvalue weighted by Gasteiger charge is -2.00. The number of nitriles is 1. The zero-order valence-corrected chi connectivity index (χ0v) is 13.0. The van der Waals surface area contributed by atoms with Gasteiger partial charge in [0, 0.05) is 6.42 Å². The highest BCUT2D eigenvalue weighted by Gasteiger charge is 1.91. The number of hydrogen-bond donors (Lipinski definition) is 0. The van der Waals surface area contributed by atoms with Crippen molar-refractivity contribution in [2.75, 3.05) is 0 Å². The van der Waals surface area contributed by atoms with Crippen LogP contribution in [0.15, 0.2) is 12.2 Å². The molecule has 0 heterocycles. The number of unbranched alkanes of at least 4 members (excludes halogenated alkanes) is 12. The van der Waals surface area contributed by atoms with Crippen LogP contribution >= 0.6 is 0 Å². The average Bonchev–Trinajstić information content (AvgIpc) is 2.43. The first-order chi connectivity index (χ1) is 9.41. The molecule has 19 heavy (non-hydrogen) atoms. The highest BCUT2D eigenvalue weighted by molar-refractivity contribution is 4.81. The topological polar surface area (TPSA) is 23.8 Å². The molecule has 0 saturated heterocycles. The first-order valence-electron chi connectivity index (χ1n) is 8.43. The molecule has 0 unspecified atom stereocenters. The summed E-state index contributed by atoms with van der Waals surface area (Å²) in [4.78, 5) is 0. The summed E-state index contributed by atoms with van der Waals surface area (Å²) in [5, 5.41) is 8.40. The Kier molecular flexibility index (Phi) is 16.5. The molecule has 110 valence electrons. The van der Waals surface area contributed by atoms with E-state index in [9.17, 15) is 0 Å². The Hall–Kier alpha value is -0.770. The minimum atomic E-state index is 0.714. The monoisotopic (exact) mass is 263 g/mol. The third-order valence-electron chi connectivity index (χ3n) is 3.55. The van der Waals surface area contributed by atoms with Crippen LogP contribution in [-0.2, 0) is 0 Å². The van der Waals surface area contributed by atoms with Crippen LogP contribution in [0.1, 0.15) is 96.8 Å². The van der Waals surface area contributed by atoms with Crippen molar-refractivity contribution in [1.82, 2.24) is 0 Å². The van der Waals surface area contributed by atoms with E-state index in [0.29, 0.717) is 6.42 Å². The van der Waals surface area contributed by atoms with E-state index >= 15 is 0 Å². The molecule has 0 aliphatic carbocycles. The third-order valence-corrected chi connectivity index (χ3v) is 3.55. The van der Waals surface area contributed by atoms with Crippen LogP contribution < -0.4 is 0 Å². The molecule has 0 bridgehead atoms. The maximum Gasteiger partial charge on any atom is 0.0621 e. The predicted molar refractivity (Wildman–Crippen MR) is 85.1 cm³/mol. The zero-order chi connectivity index (χ0) is 14.0. The lowest BCUT2D eigenvalue weighted by Crippen LogP contribution is -1.80. The predicted octanol–water partition coefficient (Wildman–Crippen LogP) is 6.55. The molecular formula is C18H33N. The first-order valence-corrected chi connectivity index (χ1v) is 8.43. The van der Waals surface area contributed by atoms with Gasteiger partial charge in [-0.05, 0) is 32.1 Å². The van der Waals surface area contributed by atoms with Gasteiger partial charge in [-0.1, -0.05) is 70.4 Å². The fraction of sp³-hybridized carbons (Fsp3) is 0.833. The van der Waals surface area contributed by atoms with Gasteiger partial charge in [-0.2, -0.15) is 5.26 Å². The maximum absolute atomic E-state index is 8.40. The highest BCUT2D eigenvalue weighted by Crippen LogP contribution is 2.10. The first kappa shape index (κ1) is 18.2. The van der Waals surface area contributed by atoms with Crippen molar-refractivity contribution in [2.24, 2.45) is 0 Å². The fourth-order valence-electron chi connectivity index (χ4n) is 2.27. The molecule has 0 spiro atoms. The van der Waals surface area contributed by atoms with E-state index < -0.39 is 0 Å². The molecule has 0 aliphatic heterocycles. The van der Waals surface area contributed by atoms with Crippen LogP contribution in [0.5, 0.6) is 0 Å². The van der Waals surface area contributed by atoms with Gasteiger partial charge in [0.25, 0.3) is 0 Å². The molecule has 0 aromatic heterocycles. The smallest absolute Gasteiger partial charge is 0.0621 e. The molecular weight excluding hydrogens is 230 g/mol. The normalized spacial score (nSPS) is 10.9. The van der Waals surface area contributed by atoms with Crippen molar-refractivity contribution >= 4 is 0 Å². The van der Waals surface area contributed by atoms with Crippen molar-refractivity contribution in [1.29, 1.82) is 5.26 Å². The molecule has 0 aliphatic rings. The summed E-state index contributed by atoms with van der Waals surface area (Å²) in [5.41, 5.74) is 0. The second-order valence-electron chi connectivity index (χ2n) is 5.49. The van der Waals surface area contributed by atoms with Gasteiger partial charge in [-0.3, -0.25) is 0 Å². The summed E-state index contributed by atoms with van der Waals surface area (Å²) in [7, 11) is 0. The number of allylic oxidation sites excluding steroid dienone is 2. The minimum absolute atomic E-state index is 0.714. The van der Waals surface area contributed by atoms with Crippen molar-refractivity contribution in [3.8, 4) is 6.07 Å². The highest BCUT2D eigenvalue weighted by atomic mass is 14.2. The van der Waals surface area contributed by atoms with Crippen molar-refractivity contribution < 1.29 is 0 Å². The van der Waals surface area contributed by atoms with Crippen molar-refractivity contribution in [3.63, 3.8) is 0 Å². The van der Waals surface area contributed by atoms with Crippen molar-refractivity contribution in [3.05, 3.63) is 12.2 Å². The van der Waals surface area contributed by atoms with Gasteiger partial charge in [-0.25, -0.2) is 0 Å². The molecule has 1 heteroatoms. The SMILES string of the molecule is CCCCCCCCCCC/C=C\CCCCC#N. The molecule has 1 nitrogen and oxygen atoms in total. The summed E-state index contributed by atoms with van der Waals surface area (Å²) >= 11 is 0. The van der Waals surface area contributed by atoms with Crippen LogP contribution in [0.4, 0.5) is 0 Å². The summed E-state index contributed by atoms with van der Waals surface area (Å²) in [6.45, 7) is 2.27. The van der Waals surface area contributed by atoms with Gasteiger partial charge in [0.1, 0.15) is 0 Å². The Bertz CT molecular complexity index is 224. The zero-order valence-electron chi connectivity index (χ0n) is 13.0. The molecule has 0 fully saturated rings. The van der Waals surface area contributed by atoms with E-state index in [1.54, 1.807) is 0 Å². The third kappa shape index (κ3) is 17.2. The standard InChI is InChI=1S/C18H33N/c1-2-3-4-5-6-7-8-9-10-11-12-13-14-15-16-17-18-19/h12-13H,2-11,14-17H2,1H3/b13-12-. The average molecular weight is 263 g/mol. The number of hydrogen-bond acceptors (Lipinski definition) is 1. The molecule has 0 radical (unpaired) electrons. The van der Waals surface area contributed by atoms with Crippen LogP contribution in [-0.4, -0.2) is 0 Å². The van der Waals surface area contributed by atoms with E-state index in [1.807, 2.05) is 0 Å². The number of rotatable bonds is 14. The molecule has 0 N–H and O–H groups in total. The van der Waals surface area contributed by atoms with Gasteiger partial charge >= 0.3 is 0 Å². The Balaban J connectivity index is 3.02. The second-order valence-corrected chi connectivity index (χ2v) is 5.49. The Morgan fingerprint density at radius 2 is 1.16 bits per heavy atom. The Labute approximate surface area is 121 Å². The van der Waals surface area contributed by atoms with Crippen LogP contribution in [0.3, 0.4) is 0 Å². The molecule has 0 saturated carbocycles. The van der Waals surface area contributed by atoms with Crippen LogP contribution in [0, 0.1) is 11.3 Å². The summed E-state index contributed by atoms with van der Waals surface area (Å²) in [6, 6.07) is 2.19. The molecule has 0 aromatic carbocycles. The summed E-state index contributed by atoms with van der Waals surface area (Å²) in [5.74, 6) is 0. The van der Waals surface area contributed by atoms with Gasteiger partial charge in [-0.15, -0.1) is 0 Å². The van der Waals surface area contributed by atoms with Crippen LogP contribution in [0.25, 0.3) is 0 Å². The fourth-order valence-corrected chi connectivity index (χ4v) is 2.27.